The van der Waals surface area contributed by atoms with Crippen molar-refractivity contribution in [3.63, 3.8) is 0 Å². The number of aromatic amines is 1. The van der Waals surface area contributed by atoms with Crippen molar-refractivity contribution in [1.29, 1.82) is 0 Å². The fourth-order valence-corrected chi connectivity index (χ4v) is 8.77. The molecule has 2 rings (SSSR count). The molecule has 1 saturated carbocycles. The van der Waals surface area contributed by atoms with Gasteiger partial charge < -0.3 is 90.7 Å². The third-order valence-corrected chi connectivity index (χ3v) is 14.0. The van der Waals surface area contributed by atoms with Gasteiger partial charge in [0.1, 0.15) is 48.8 Å². The Bertz CT molecular complexity index is 2210. The van der Waals surface area contributed by atoms with Crippen molar-refractivity contribution < 1.29 is 63.3 Å². The minimum Gasteiger partial charge on any atom is -0.480 e. The molecule has 1 aliphatic rings. The lowest BCUT2D eigenvalue weighted by atomic mass is 9.84. The number of carbonyl (C=O) groups excluding carboxylic acids is 9. The maximum atomic E-state index is 14.3. The van der Waals surface area contributed by atoms with Gasteiger partial charge in [-0.05, 0) is 84.6 Å². The number of aromatic nitrogens is 2. The zero-order valence-electron chi connectivity index (χ0n) is 47.3. The summed E-state index contributed by atoms with van der Waals surface area (Å²) in [5.41, 5.74) is 22.8. The van der Waals surface area contributed by atoms with Crippen LogP contribution in [-0.4, -0.2) is 188 Å². The third kappa shape index (κ3) is 24.2. The molecule has 29 nitrogen and oxygen atoms in total. The standard InChI is InChI=1S/C51H90N16O13/c1-8-27(3)40(50(80)67(25-39(71)72)28(4)9-2)64-45(75)35(18-13-19-52)61-38(70)24-58-48(78)41(30(6)68)66-49(79)42(31(7)69)65-47(77)37(22-33-23-56-26-59-33)63-46(76)36(21-32-15-11-10-12-16-32)62-43(73)29(5)60-44(74)34(53)17-14-20-57-51(54)55/h23,26-32,34-37,40-42,68-69H,8-22,24-25,52-53H2,1-7H3,(H,56,59)(H,58,78)(H,60,74)(H,61,70)(H,62,73)(H,63,76)(H,64,75)(H,65,77)(H,66,79)(H,71,72)(H4,54,55,57)/t27?,28?,29-,30+,31+,34-,35-,36-,37-,40-,41-,42-/m0/s1. The van der Waals surface area contributed by atoms with Crippen molar-refractivity contribution in [2.75, 3.05) is 26.2 Å². The molecule has 20 N–H and O–H groups in total. The van der Waals surface area contributed by atoms with Gasteiger partial charge in [0.15, 0.2) is 5.96 Å². The second-order valence-corrected chi connectivity index (χ2v) is 20.6. The number of H-pyrrole nitrogens is 1. The molecule has 0 bridgehead atoms. The molecular formula is C51H90N16O13. The summed E-state index contributed by atoms with van der Waals surface area (Å²) in [6.45, 7) is 9.70. The summed E-state index contributed by atoms with van der Waals surface area (Å²) in [5, 5.41) is 51.2. The van der Waals surface area contributed by atoms with Gasteiger partial charge in [-0.3, -0.25) is 52.9 Å². The van der Waals surface area contributed by atoms with E-state index in [4.69, 9.17) is 22.9 Å². The zero-order valence-corrected chi connectivity index (χ0v) is 47.3. The number of carbonyl (C=O) groups is 10. The van der Waals surface area contributed by atoms with Crippen molar-refractivity contribution in [3.8, 4) is 0 Å². The second kappa shape index (κ2) is 35.6. The molecule has 2 unspecified atom stereocenters. The number of nitrogens with zero attached hydrogens (tertiary/aromatic N) is 3. The van der Waals surface area contributed by atoms with Crippen LogP contribution in [0.1, 0.15) is 131 Å². The molecule has 0 radical (unpaired) electrons. The number of carboxylic acid groups (broad SMARTS) is 1. The van der Waals surface area contributed by atoms with Gasteiger partial charge in [-0.15, -0.1) is 0 Å². The molecule has 80 heavy (non-hydrogen) atoms. The van der Waals surface area contributed by atoms with Crippen LogP contribution >= 0.6 is 0 Å². The molecule has 1 heterocycles. The molecule has 0 spiro atoms. The predicted molar refractivity (Wildman–Crippen MR) is 294 cm³/mol. The highest BCUT2D eigenvalue weighted by Crippen LogP contribution is 2.27. The topological polar surface area (TPSA) is 476 Å². The lowest BCUT2D eigenvalue weighted by Crippen LogP contribution is -2.63. The zero-order chi connectivity index (χ0) is 60.2. The van der Waals surface area contributed by atoms with E-state index in [0.717, 1.165) is 39.0 Å². The van der Waals surface area contributed by atoms with E-state index in [1.165, 1.54) is 31.3 Å². The normalized spacial score (nSPS) is 17.0. The Hall–Kier alpha value is -6.98. The Morgan fingerprint density at radius 1 is 0.713 bits per heavy atom. The van der Waals surface area contributed by atoms with Gasteiger partial charge in [-0.2, -0.15) is 0 Å². The molecule has 9 amide bonds. The summed E-state index contributed by atoms with van der Waals surface area (Å²) in [5.74, 6) is -9.37. The smallest absolute Gasteiger partial charge is 0.323 e. The first-order valence-electron chi connectivity index (χ1n) is 27.5. The lowest BCUT2D eigenvalue weighted by Gasteiger charge is -2.34. The summed E-state index contributed by atoms with van der Waals surface area (Å²) in [4.78, 5) is 147. The predicted octanol–water partition coefficient (Wildman–Crippen LogP) is -3.91. The van der Waals surface area contributed by atoms with E-state index < -0.39 is 145 Å². The number of aliphatic hydroxyl groups is 2. The van der Waals surface area contributed by atoms with Gasteiger partial charge in [-0.25, -0.2) is 4.98 Å². The maximum Gasteiger partial charge on any atom is 0.323 e. The van der Waals surface area contributed by atoms with Crippen molar-refractivity contribution in [3.05, 3.63) is 18.2 Å². The largest absolute Gasteiger partial charge is 0.480 e. The van der Waals surface area contributed by atoms with Gasteiger partial charge in [0, 0.05) is 30.9 Å². The minimum atomic E-state index is -1.81. The Balaban J connectivity index is 2.27. The van der Waals surface area contributed by atoms with E-state index >= 15 is 0 Å². The maximum absolute atomic E-state index is 14.3. The summed E-state index contributed by atoms with van der Waals surface area (Å²) in [6, 6.07) is -11.3. The molecule has 452 valence electrons. The van der Waals surface area contributed by atoms with E-state index in [-0.39, 0.29) is 57.1 Å². The molecule has 1 aromatic rings. The molecule has 0 saturated heterocycles. The summed E-state index contributed by atoms with van der Waals surface area (Å²) in [6.07, 6.45) is 5.51. The number of nitrogens with two attached hydrogens (primary N) is 4. The first-order chi connectivity index (χ1) is 37.7. The van der Waals surface area contributed by atoms with Crippen molar-refractivity contribution in [2.24, 2.45) is 39.8 Å². The van der Waals surface area contributed by atoms with Crippen LogP contribution in [-0.2, 0) is 54.4 Å². The van der Waals surface area contributed by atoms with Crippen LogP contribution in [0.2, 0.25) is 0 Å². The van der Waals surface area contributed by atoms with Crippen LogP contribution in [0.5, 0.6) is 0 Å². The highest BCUT2D eigenvalue weighted by Gasteiger charge is 2.38. The van der Waals surface area contributed by atoms with Gasteiger partial charge in [-0.1, -0.05) is 59.3 Å². The highest BCUT2D eigenvalue weighted by molar-refractivity contribution is 5.98. The molecule has 0 aromatic carbocycles. The average Bonchev–Trinajstić information content (AvgIpc) is 3.93. The fraction of sp³-hybridized carbons (Fsp3) is 0.725. The van der Waals surface area contributed by atoms with Gasteiger partial charge in [0.25, 0.3) is 0 Å². The van der Waals surface area contributed by atoms with Gasteiger partial charge in [0.05, 0.1) is 31.1 Å². The monoisotopic (exact) mass is 1130 g/mol. The van der Waals surface area contributed by atoms with Crippen molar-refractivity contribution in [1.82, 2.24) is 57.4 Å². The van der Waals surface area contributed by atoms with Crippen molar-refractivity contribution in [2.45, 2.75) is 199 Å². The van der Waals surface area contributed by atoms with Gasteiger partial charge in [0.2, 0.25) is 53.2 Å². The number of guanidine groups is 1. The molecule has 1 aliphatic carbocycles. The van der Waals surface area contributed by atoms with Crippen LogP contribution in [0.25, 0.3) is 0 Å². The van der Waals surface area contributed by atoms with E-state index in [2.05, 4.69) is 57.5 Å². The summed E-state index contributed by atoms with van der Waals surface area (Å²) in [7, 11) is 0. The number of rotatable bonds is 36. The number of aliphatic carboxylic acids is 1. The van der Waals surface area contributed by atoms with Crippen LogP contribution in [0.15, 0.2) is 17.5 Å². The molecule has 0 aliphatic heterocycles. The number of aliphatic imine (C=N–C) groups is 1. The molecule has 1 fully saturated rings. The first kappa shape index (κ1) is 69.1. The number of hydrogen-bond donors (Lipinski definition) is 16. The van der Waals surface area contributed by atoms with Crippen LogP contribution in [0, 0.1) is 11.8 Å². The number of hydrogen-bond acceptors (Lipinski definition) is 16. The number of carboxylic acids is 1. The first-order valence-corrected chi connectivity index (χ1v) is 27.5. The fourth-order valence-electron chi connectivity index (χ4n) is 8.77. The SMILES string of the molecule is CCC(C)[C@H](NC(=O)[C@H](CCCN)NC(=O)CNC(=O)[C@@H](NC(=O)[C@@H](NC(=O)[C@H](Cc1cnc[nH]1)NC(=O)[C@H](CC1CCCCC1)NC(=O)[C@H](C)NC(=O)[C@@H](N)CCCN=C(N)N)[C@@H](C)O)[C@@H](C)O)C(=O)N(CC(=O)O)C(C)CC. The Morgan fingerprint density at radius 2 is 1.30 bits per heavy atom. The van der Waals surface area contributed by atoms with E-state index in [0.29, 0.717) is 25.0 Å². The lowest BCUT2D eigenvalue weighted by molar-refractivity contribution is -0.148. The Kier molecular flexibility index (Phi) is 30.8. The second-order valence-electron chi connectivity index (χ2n) is 20.6. The third-order valence-electron chi connectivity index (χ3n) is 14.0. The van der Waals surface area contributed by atoms with E-state index in [9.17, 15) is 63.3 Å². The molecule has 29 heteroatoms. The van der Waals surface area contributed by atoms with Crippen LogP contribution in [0.4, 0.5) is 0 Å². The number of aliphatic hydroxyl groups excluding tert-OH is 2. The number of amides is 9. The Morgan fingerprint density at radius 3 is 1.86 bits per heavy atom. The Labute approximate surface area is 467 Å². The minimum absolute atomic E-state index is 0.0122. The number of nitrogens with one attached hydrogen (secondary N) is 9. The average molecular weight is 1140 g/mol. The molecule has 1 aromatic heterocycles. The van der Waals surface area contributed by atoms with Gasteiger partial charge >= 0.3 is 5.97 Å². The quantitative estimate of drug-likeness (QED) is 0.0173. The van der Waals surface area contributed by atoms with Crippen LogP contribution in [0.3, 0.4) is 0 Å². The van der Waals surface area contributed by atoms with E-state index in [1.54, 1.807) is 27.7 Å². The number of imidazole rings is 1. The van der Waals surface area contributed by atoms with Crippen molar-refractivity contribution >= 4 is 65.1 Å². The molecular weight excluding hydrogens is 1040 g/mol. The highest BCUT2D eigenvalue weighted by atomic mass is 16.4. The van der Waals surface area contributed by atoms with E-state index in [1.807, 2.05) is 0 Å². The summed E-state index contributed by atoms with van der Waals surface area (Å²) < 4.78 is 0. The molecule has 12 atom stereocenters. The van der Waals surface area contributed by atoms with Crippen LogP contribution < -0.4 is 65.5 Å². The summed E-state index contributed by atoms with van der Waals surface area (Å²) >= 11 is 0.